The molecule has 0 N–H and O–H groups in total. The van der Waals surface area contributed by atoms with E-state index in [4.69, 9.17) is 0 Å². The molecule has 5 nitrogen and oxygen atoms in total. The van der Waals surface area contributed by atoms with Gasteiger partial charge in [0.05, 0.1) is 4.92 Å². The maximum absolute atomic E-state index is 10.6. The summed E-state index contributed by atoms with van der Waals surface area (Å²) in [7, 11) is 1.94. The number of hydrogen-bond donors (Lipinski definition) is 0. The van der Waals surface area contributed by atoms with Crippen molar-refractivity contribution in [2.45, 2.75) is 6.54 Å². The third kappa shape index (κ3) is 2.82. The Morgan fingerprint density at radius 3 is 2.56 bits per heavy atom. The molecule has 0 saturated heterocycles. The summed E-state index contributed by atoms with van der Waals surface area (Å²) < 4.78 is 0. The van der Waals surface area contributed by atoms with Crippen molar-refractivity contribution in [2.75, 3.05) is 11.9 Å². The van der Waals surface area contributed by atoms with Crippen LogP contribution in [0.2, 0.25) is 0 Å². The average Bonchev–Trinajstić information content (AvgIpc) is 2.40. The Morgan fingerprint density at radius 1 is 1.28 bits per heavy atom. The third-order valence-electron chi connectivity index (χ3n) is 2.64. The Hall–Kier alpha value is -2.43. The van der Waals surface area contributed by atoms with Gasteiger partial charge in [-0.2, -0.15) is 0 Å². The van der Waals surface area contributed by atoms with Crippen LogP contribution in [0, 0.1) is 10.1 Å². The van der Waals surface area contributed by atoms with Crippen LogP contribution in [0.3, 0.4) is 0 Å². The molecule has 0 spiro atoms. The predicted molar refractivity (Wildman–Crippen MR) is 69.4 cm³/mol. The van der Waals surface area contributed by atoms with Crippen LogP contribution in [0.25, 0.3) is 0 Å². The van der Waals surface area contributed by atoms with Gasteiger partial charge in [-0.1, -0.05) is 6.07 Å². The van der Waals surface area contributed by atoms with E-state index in [9.17, 15) is 10.1 Å². The Balaban J connectivity index is 2.09. The maximum Gasteiger partial charge on any atom is 0.269 e. The number of rotatable bonds is 4. The number of non-ortho nitro benzene ring substituents is 1. The fourth-order valence-electron chi connectivity index (χ4n) is 1.69. The summed E-state index contributed by atoms with van der Waals surface area (Å²) in [6.45, 7) is 0.714. The molecule has 0 amide bonds. The van der Waals surface area contributed by atoms with Crippen molar-refractivity contribution in [3.05, 3.63) is 64.5 Å². The van der Waals surface area contributed by atoms with Crippen molar-refractivity contribution in [2.24, 2.45) is 0 Å². The highest BCUT2D eigenvalue weighted by molar-refractivity contribution is 5.50. The number of nitro groups is 1. The lowest BCUT2D eigenvalue weighted by molar-refractivity contribution is -0.384. The van der Waals surface area contributed by atoms with Gasteiger partial charge in [0, 0.05) is 43.8 Å². The number of pyridine rings is 1. The molecular weight excluding hydrogens is 230 g/mol. The van der Waals surface area contributed by atoms with Crippen LogP contribution in [0.1, 0.15) is 5.56 Å². The van der Waals surface area contributed by atoms with E-state index in [1.54, 1.807) is 18.3 Å². The highest BCUT2D eigenvalue weighted by Gasteiger charge is 2.06. The van der Waals surface area contributed by atoms with Gasteiger partial charge in [-0.25, -0.2) is 0 Å². The zero-order valence-corrected chi connectivity index (χ0v) is 9.98. The fraction of sp³-hybridized carbons (Fsp3) is 0.154. The molecule has 2 rings (SSSR count). The molecule has 0 atom stereocenters. The standard InChI is InChI=1S/C13H13N3O2/c1-15(10-11-3-2-8-14-9-11)12-4-6-13(7-5-12)16(17)18/h2-9H,10H2,1H3. The first-order valence-corrected chi connectivity index (χ1v) is 5.51. The summed E-state index contributed by atoms with van der Waals surface area (Å²) in [6.07, 6.45) is 3.54. The molecule has 0 bridgehead atoms. The molecule has 0 unspecified atom stereocenters. The quantitative estimate of drug-likeness (QED) is 0.611. The first-order valence-electron chi connectivity index (χ1n) is 5.51. The smallest absolute Gasteiger partial charge is 0.269 e. The molecule has 0 aliphatic heterocycles. The van der Waals surface area contributed by atoms with Gasteiger partial charge in [-0.05, 0) is 23.8 Å². The number of aromatic nitrogens is 1. The molecule has 18 heavy (non-hydrogen) atoms. The molecule has 5 heteroatoms. The van der Waals surface area contributed by atoms with Crippen LogP contribution < -0.4 is 4.90 Å². The van der Waals surface area contributed by atoms with Gasteiger partial charge in [-0.15, -0.1) is 0 Å². The normalized spacial score (nSPS) is 10.1. The fourth-order valence-corrected chi connectivity index (χ4v) is 1.69. The van der Waals surface area contributed by atoms with E-state index in [0.29, 0.717) is 6.54 Å². The van der Waals surface area contributed by atoms with E-state index in [1.165, 1.54) is 12.1 Å². The minimum absolute atomic E-state index is 0.105. The van der Waals surface area contributed by atoms with E-state index in [1.807, 2.05) is 30.3 Å². The molecule has 2 aromatic rings. The van der Waals surface area contributed by atoms with Crippen LogP contribution in [0.15, 0.2) is 48.8 Å². The van der Waals surface area contributed by atoms with Gasteiger partial charge in [-0.3, -0.25) is 15.1 Å². The van der Waals surface area contributed by atoms with Crippen LogP contribution in [0.5, 0.6) is 0 Å². The molecule has 1 aromatic carbocycles. The number of benzene rings is 1. The van der Waals surface area contributed by atoms with Crippen LogP contribution in [0.4, 0.5) is 11.4 Å². The predicted octanol–water partition coefficient (Wildman–Crippen LogP) is 2.63. The lowest BCUT2D eigenvalue weighted by Gasteiger charge is -2.18. The first kappa shape index (κ1) is 12.0. The molecular formula is C13H13N3O2. The van der Waals surface area contributed by atoms with Crippen LogP contribution in [-0.2, 0) is 6.54 Å². The van der Waals surface area contributed by atoms with Crippen molar-refractivity contribution in [1.29, 1.82) is 0 Å². The SMILES string of the molecule is CN(Cc1cccnc1)c1ccc([N+](=O)[O-])cc1. The molecule has 92 valence electrons. The molecule has 0 aliphatic rings. The summed E-state index contributed by atoms with van der Waals surface area (Å²) in [5.74, 6) is 0. The lowest BCUT2D eigenvalue weighted by Crippen LogP contribution is -2.16. The molecule has 0 radical (unpaired) electrons. The Morgan fingerprint density at radius 2 is 2.00 bits per heavy atom. The highest BCUT2D eigenvalue weighted by atomic mass is 16.6. The monoisotopic (exact) mass is 243 g/mol. The first-order chi connectivity index (χ1) is 8.66. The Kier molecular flexibility index (Phi) is 3.52. The van der Waals surface area contributed by atoms with Crippen molar-refractivity contribution >= 4 is 11.4 Å². The summed E-state index contributed by atoms with van der Waals surface area (Å²) in [5.41, 5.74) is 2.14. The van der Waals surface area contributed by atoms with E-state index in [0.717, 1.165) is 11.3 Å². The number of nitro benzene ring substituents is 1. The minimum atomic E-state index is -0.398. The molecule has 0 aliphatic carbocycles. The Labute approximate surface area is 105 Å². The lowest BCUT2D eigenvalue weighted by atomic mass is 10.2. The van der Waals surface area contributed by atoms with Gasteiger partial charge >= 0.3 is 0 Å². The zero-order chi connectivity index (χ0) is 13.0. The molecule has 0 saturated carbocycles. The highest BCUT2D eigenvalue weighted by Crippen LogP contribution is 2.19. The van der Waals surface area contributed by atoms with Crippen molar-refractivity contribution < 1.29 is 4.92 Å². The van der Waals surface area contributed by atoms with Crippen molar-refractivity contribution in [1.82, 2.24) is 4.98 Å². The average molecular weight is 243 g/mol. The van der Waals surface area contributed by atoms with Crippen molar-refractivity contribution in [3.8, 4) is 0 Å². The maximum atomic E-state index is 10.6. The number of nitrogens with zero attached hydrogens (tertiary/aromatic N) is 3. The topological polar surface area (TPSA) is 59.3 Å². The van der Waals surface area contributed by atoms with Gasteiger partial charge in [0.1, 0.15) is 0 Å². The van der Waals surface area contributed by atoms with E-state index >= 15 is 0 Å². The number of anilines is 1. The zero-order valence-electron chi connectivity index (χ0n) is 9.98. The third-order valence-corrected chi connectivity index (χ3v) is 2.64. The van der Waals surface area contributed by atoms with E-state index in [2.05, 4.69) is 4.98 Å². The summed E-state index contributed by atoms with van der Waals surface area (Å²) in [5, 5.41) is 10.6. The van der Waals surface area contributed by atoms with Gasteiger partial charge in [0.25, 0.3) is 5.69 Å². The second kappa shape index (κ2) is 5.27. The molecule has 0 fully saturated rings. The van der Waals surface area contributed by atoms with Gasteiger partial charge < -0.3 is 4.90 Å². The van der Waals surface area contributed by atoms with Gasteiger partial charge in [0.15, 0.2) is 0 Å². The van der Waals surface area contributed by atoms with Crippen molar-refractivity contribution in [3.63, 3.8) is 0 Å². The van der Waals surface area contributed by atoms with E-state index in [-0.39, 0.29) is 5.69 Å². The summed E-state index contributed by atoms with van der Waals surface area (Å²) in [6, 6.07) is 10.4. The second-order valence-corrected chi connectivity index (χ2v) is 3.99. The van der Waals surface area contributed by atoms with Gasteiger partial charge in [0.2, 0.25) is 0 Å². The summed E-state index contributed by atoms with van der Waals surface area (Å²) >= 11 is 0. The van der Waals surface area contributed by atoms with Crippen LogP contribution in [-0.4, -0.2) is 17.0 Å². The van der Waals surface area contributed by atoms with E-state index < -0.39 is 4.92 Å². The Bertz CT molecular complexity index is 526. The number of hydrogen-bond acceptors (Lipinski definition) is 4. The minimum Gasteiger partial charge on any atom is -0.370 e. The molecule has 1 heterocycles. The second-order valence-electron chi connectivity index (χ2n) is 3.99. The molecule has 1 aromatic heterocycles. The van der Waals surface area contributed by atoms with Crippen LogP contribution >= 0.6 is 0 Å². The largest absolute Gasteiger partial charge is 0.370 e. The summed E-state index contributed by atoms with van der Waals surface area (Å²) in [4.78, 5) is 16.2.